The quantitative estimate of drug-likeness (QED) is 0.434. The highest BCUT2D eigenvalue weighted by atomic mass is 16.5. The summed E-state index contributed by atoms with van der Waals surface area (Å²) in [5.41, 5.74) is 0. The second kappa shape index (κ2) is 9.74. The molecule has 0 amide bonds. The van der Waals surface area contributed by atoms with Crippen LogP contribution in [0.25, 0.3) is 0 Å². The molecule has 118 valence electrons. The van der Waals surface area contributed by atoms with Crippen molar-refractivity contribution in [1.82, 2.24) is 10.6 Å². The topological polar surface area (TPSA) is 64.1 Å². The molecule has 0 heterocycles. The third kappa shape index (κ3) is 6.25. The zero-order valence-corrected chi connectivity index (χ0v) is 13.2. The number of methoxy groups -OCH3 is 2. The van der Waals surface area contributed by atoms with Gasteiger partial charge in [-0.3, -0.25) is 0 Å². The van der Waals surface area contributed by atoms with E-state index in [9.17, 15) is 0 Å². The van der Waals surface area contributed by atoms with E-state index in [1.165, 1.54) is 0 Å². The van der Waals surface area contributed by atoms with Crippen LogP contribution in [0.4, 0.5) is 0 Å². The van der Waals surface area contributed by atoms with Crippen molar-refractivity contribution < 1.29 is 14.2 Å². The Morgan fingerprint density at radius 1 is 0.952 bits per heavy atom. The molecule has 0 spiro atoms. The molecule has 0 saturated heterocycles. The fourth-order valence-electron chi connectivity index (χ4n) is 1.69. The second-order valence-electron chi connectivity index (χ2n) is 4.19. The molecule has 0 bridgehead atoms. The van der Waals surface area contributed by atoms with E-state index in [-0.39, 0.29) is 0 Å². The Kier molecular flexibility index (Phi) is 7.86. The molecule has 0 unspecified atom stereocenters. The van der Waals surface area contributed by atoms with Crippen molar-refractivity contribution in [3.05, 3.63) is 18.2 Å². The lowest BCUT2D eigenvalue weighted by atomic mass is 10.3. The van der Waals surface area contributed by atoms with Gasteiger partial charge in [0.2, 0.25) is 0 Å². The highest BCUT2D eigenvalue weighted by molar-refractivity contribution is 5.79. The maximum absolute atomic E-state index is 5.68. The van der Waals surface area contributed by atoms with Crippen LogP contribution in [-0.2, 0) is 0 Å². The summed E-state index contributed by atoms with van der Waals surface area (Å²) < 4.78 is 16.1. The van der Waals surface area contributed by atoms with Gasteiger partial charge in [0.25, 0.3) is 0 Å². The summed E-state index contributed by atoms with van der Waals surface area (Å²) in [5, 5.41) is 6.32. The van der Waals surface area contributed by atoms with Crippen molar-refractivity contribution >= 4 is 5.96 Å². The smallest absolute Gasteiger partial charge is 0.191 e. The molecule has 2 N–H and O–H groups in total. The molecule has 6 heteroatoms. The molecule has 1 aromatic carbocycles. The summed E-state index contributed by atoms with van der Waals surface area (Å²) in [7, 11) is 3.23. The van der Waals surface area contributed by atoms with Gasteiger partial charge in [-0.15, -0.1) is 0 Å². The third-order valence-corrected chi connectivity index (χ3v) is 2.64. The predicted octanol–water partition coefficient (Wildman–Crippen LogP) is 1.66. The summed E-state index contributed by atoms with van der Waals surface area (Å²) >= 11 is 0. The highest BCUT2D eigenvalue weighted by Crippen LogP contribution is 2.27. The largest absolute Gasteiger partial charge is 0.496 e. The number of ether oxygens (including phenoxy) is 3. The van der Waals surface area contributed by atoms with Crippen LogP contribution in [0.3, 0.4) is 0 Å². The van der Waals surface area contributed by atoms with Crippen LogP contribution in [0.15, 0.2) is 23.2 Å². The van der Waals surface area contributed by atoms with E-state index in [1.807, 2.05) is 26.0 Å². The minimum Gasteiger partial charge on any atom is -0.496 e. The Labute approximate surface area is 126 Å². The third-order valence-electron chi connectivity index (χ3n) is 2.64. The van der Waals surface area contributed by atoms with Gasteiger partial charge < -0.3 is 24.8 Å². The first-order chi connectivity index (χ1) is 10.2. The molecule has 21 heavy (non-hydrogen) atoms. The number of rotatable bonds is 8. The van der Waals surface area contributed by atoms with Gasteiger partial charge in [0.1, 0.15) is 23.9 Å². The standard InChI is InChI=1S/C15H25N3O3/c1-5-16-15(17-6-2)18-7-8-21-14-10-12(19-3)9-13(11-14)20-4/h9-11H,5-8H2,1-4H3,(H2,16,17,18). The van der Waals surface area contributed by atoms with E-state index in [0.29, 0.717) is 30.4 Å². The second-order valence-corrected chi connectivity index (χ2v) is 4.19. The first-order valence-electron chi connectivity index (χ1n) is 7.11. The molecule has 1 rings (SSSR count). The van der Waals surface area contributed by atoms with Crippen LogP contribution in [0.1, 0.15) is 13.8 Å². The van der Waals surface area contributed by atoms with Crippen molar-refractivity contribution in [2.45, 2.75) is 13.8 Å². The van der Waals surface area contributed by atoms with E-state index >= 15 is 0 Å². The van der Waals surface area contributed by atoms with Gasteiger partial charge in [0.05, 0.1) is 20.8 Å². The predicted molar refractivity (Wildman–Crippen MR) is 84.7 cm³/mol. The fraction of sp³-hybridized carbons (Fsp3) is 0.533. The van der Waals surface area contributed by atoms with Crippen LogP contribution >= 0.6 is 0 Å². The first kappa shape index (κ1) is 16.9. The highest BCUT2D eigenvalue weighted by Gasteiger charge is 2.02. The van der Waals surface area contributed by atoms with E-state index < -0.39 is 0 Å². The molecular weight excluding hydrogens is 270 g/mol. The molecule has 0 radical (unpaired) electrons. The van der Waals surface area contributed by atoms with Gasteiger partial charge in [-0.1, -0.05) is 0 Å². The van der Waals surface area contributed by atoms with E-state index in [4.69, 9.17) is 14.2 Å². The van der Waals surface area contributed by atoms with Crippen molar-refractivity contribution in [2.75, 3.05) is 40.5 Å². The zero-order valence-electron chi connectivity index (χ0n) is 13.2. The molecule has 0 aliphatic rings. The molecule has 0 aliphatic heterocycles. The number of hydrogen-bond acceptors (Lipinski definition) is 4. The first-order valence-corrected chi connectivity index (χ1v) is 7.11. The molecule has 0 fully saturated rings. The minimum absolute atomic E-state index is 0.483. The van der Waals surface area contributed by atoms with Crippen molar-refractivity contribution in [3.63, 3.8) is 0 Å². The molecule has 0 saturated carbocycles. The lowest BCUT2D eigenvalue weighted by Gasteiger charge is -2.11. The average molecular weight is 295 g/mol. The molecular formula is C15H25N3O3. The lowest BCUT2D eigenvalue weighted by molar-refractivity contribution is 0.320. The van der Waals surface area contributed by atoms with Crippen LogP contribution in [-0.4, -0.2) is 46.4 Å². The van der Waals surface area contributed by atoms with Gasteiger partial charge in [-0.2, -0.15) is 0 Å². The summed E-state index contributed by atoms with van der Waals surface area (Å²) in [6.07, 6.45) is 0. The maximum Gasteiger partial charge on any atom is 0.191 e. The van der Waals surface area contributed by atoms with E-state index in [0.717, 1.165) is 19.0 Å². The Morgan fingerprint density at radius 2 is 1.48 bits per heavy atom. The summed E-state index contributed by atoms with van der Waals surface area (Å²) in [6, 6.07) is 5.45. The van der Waals surface area contributed by atoms with E-state index in [1.54, 1.807) is 20.3 Å². The summed E-state index contributed by atoms with van der Waals surface area (Å²) in [5.74, 6) is 2.91. The maximum atomic E-state index is 5.68. The Hall–Kier alpha value is -2.11. The Bertz CT molecular complexity index is 420. The summed E-state index contributed by atoms with van der Waals surface area (Å²) in [6.45, 7) is 6.78. The van der Waals surface area contributed by atoms with Gasteiger partial charge in [0.15, 0.2) is 5.96 Å². The molecule has 1 aromatic rings. The van der Waals surface area contributed by atoms with Crippen molar-refractivity contribution in [3.8, 4) is 17.2 Å². The summed E-state index contributed by atoms with van der Waals surface area (Å²) in [4.78, 5) is 4.41. The number of guanidine groups is 1. The molecule has 0 aromatic heterocycles. The Morgan fingerprint density at radius 3 is 1.95 bits per heavy atom. The van der Waals surface area contributed by atoms with Crippen LogP contribution in [0.5, 0.6) is 17.2 Å². The number of nitrogens with one attached hydrogen (secondary N) is 2. The van der Waals surface area contributed by atoms with Gasteiger partial charge in [-0.05, 0) is 13.8 Å². The zero-order chi connectivity index (χ0) is 15.5. The average Bonchev–Trinajstić information content (AvgIpc) is 2.51. The van der Waals surface area contributed by atoms with Gasteiger partial charge >= 0.3 is 0 Å². The normalized spacial score (nSPS) is 9.71. The minimum atomic E-state index is 0.483. The monoisotopic (exact) mass is 295 g/mol. The SMILES string of the molecule is CCNC(=NCCOc1cc(OC)cc(OC)c1)NCC. The number of benzene rings is 1. The van der Waals surface area contributed by atoms with E-state index in [2.05, 4.69) is 15.6 Å². The van der Waals surface area contributed by atoms with Crippen molar-refractivity contribution in [2.24, 2.45) is 4.99 Å². The molecule has 0 aliphatic carbocycles. The van der Waals surface area contributed by atoms with Crippen LogP contribution in [0.2, 0.25) is 0 Å². The number of nitrogens with zero attached hydrogens (tertiary/aromatic N) is 1. The lowest BCUT2D eigenvalue weighted by Crippen LogP contribution is -2.37. The molecule has 0 atom stereocenters. The van der Waals surface area contributed by atoms with Gasteiger partial charge in [0, 0.05) is 31.3 Å². The Balaban J connectivity index is 2.53. The van der Waals surface area contributed by atoms with Crippen molar-refractivity contribution in [1.29, 1.82) is 0 Å². The van der Waals surface area contributed by atoms with Crippen LogP contribution < -0.4 is 24.8 Å². The number of hydrogen-bond donors (Lipinski definition) is 2. The molecule has 6 nitrogen and oxygen atoms in total. The van der Waals surface area contributed by atoms with Crippen LogP contribution in [0, 0.1) is 0 Å². The number of aliphatic imine (C=N–C) groups is 1. The fourth-order valence-corrected chi connectivity index (χ4v) is 1.69. The van der Waals surface area contributed by atoms with Gasteiger partial charge in [-0.25, -0.2) is 4.99 Å².